The fraction of sp³-hybridized carbons (Fsp3) is 0.200. The third-order valence-corrected chi connectivity index (χ3v) is 2.59. The summed E-state index contributed by atoms with van der Waals surface area (Å²) in [5, 5.41) is 8.85. The van der Waals surface area contributed by atoms with Crippen LogP contribution in [0.3, 0.4) is 0 Å². The Balaban J connectivity index is 3.12. The summed E-state index contributed by atoms with van der Waals surface area (Å²) in [7, 11) is 1.31. The highest BCUT2D eigenvalue weighted by Crippen LogP contribution is 2.24. The molecule has 0 aromatic heterocycles. The van der Waals surface area contributed by atoms with Gasteiger partial charge in [-0.05, 0) is 33.6 Å². The van der Waals surface area contributed by atoms with Gasteiger partial charge in [0.05, 0.1) is 25.2 Å². The van der Waals surface area contributed by atoms with Crippen molar-refractivity contribution in [2.45, 2.75) is 6.42 Å². The lowest BCUT2D eigenvalue weighted by Gasteiger charge is -2.05. The molecular formula is C10H9BrN2O2. The highest BCUT2D eigenvalue weighted by molar-refractivity contribution is 9.10. The first-order valence-electron chi connectivity index (χ1n) is 4.13. The van der Waals surface area contributed by atoms with Crippen LogP contribution in [0.4, 0.5) is 5.69 Å². The third kappa shape index (κ3) is 2.70. The second-order valence-corrected chi connectivity index (χ2v) is 3.75. The summed E-state index contributed by atoms with van der Waals surface area (Å²) in [6.45, 7) is 0. The Morgan fingerprint density at radius 1 is 1.67 bits per heavy atom. The lowest BCUT2D eigenvalue weighted by molar-refractivity contribution is -0.139. The first-order chi connectivity index (χ1) is 7.08. The van der Waals surface area contributed by atoms with Gasteiger partial charge in [0.15, 0.2) is 0 Å². The molecule has 1 aromatic carbocycles. The predicted octanol–water partition coefficient (Wildman–Crippen LogP) is 1.62. The van der Waals surface area contributed by atoms with Crippen molar-refractivity contribution in [2.24, 2.45) is 0 Å². The summed E-state index contributed by atoms with van der Waals surface area (Å²) >= 11 is 3.23. The van der Waals surface area contributed by atoms with E-state index in [1.165, 1.54) is 13.2 Å². The van der Waals surface area contributed by atoms with Crippen LogP contribution in [0.25, 0.3) is 0 Å². The normalized spacial score (nSPS) is 9.40. The minimum absolute atomic E-state index is 0.0677. The molecule has 0 aliphatic heterocycles. The van der Waals surface area contributed by atoms with Gasteiger partial charge in [-0.2, -0.15) is 5.26 Å². The monoisotopic (exact) mass is 268 g/mol. The van der Waals surface area contributed by atoms with E-state index in [1.807, 2.05) is 6.07 Å². The number of nitrogens with two attached hydrogens (primary N) is 1. The molecule has 0 radical (unpaired) electrons. The molecule has 0 fully saturated rings. The number of nitriles is 1. The average molecular weight is 269 g/mol. The average Bonchev–Trinajstić information content (AvgIpc) is 2.22. The van der Waals surface area contributed by atoms with E-state index in [0.29, 0.717) is 21.3 Å². The van der Waals surface area contributed by atoms with Gasteiger partial charge in [0.25, 0.3) is 0 Å². The molecule has 0 spiro atoms. The largest absolute Gasteiger partial charge is 0.469 e. The molecule has 1 rings (SSSR count). The van der Waals surface area contributed by atoms with Crippen LogP contribution >= 0.6 is 15.9 Å². The number of esters is 1. The first kappa shape index (κ1) is 11.5. The zero-order valence-electron chi connectivity index (χ0n) is 8.08. The van der Waals surface area contributed by atoms with Crippen LogP contribution in [-0.4, -0.2) is 13.1 Å². The van der Waals surface area contributed by atoms with Gasteiger partial charge in [-0.15, -0.1) is 0 Å². The number of hydrogen-bond acceptors (Lipinski definition) is 4. The number of nitrogens with zero attached hydrogens (tertiary/aromatic N) is 1. The Labute approximate surface area is 95.8 Å². The van der Waals surface area contributed by atoms with Crippen LogP contribution < -0.4 is 5.73 Å². The van der Waals surface area contributed by atoms with E-state index in [1.54, 1.807) is 6.07 Å². The molecule has 0 aliphatic carbocycles. The molecule has 78 valence electrons. The lowest BCUT2D eigenvalue weighted by Crippen LogP contribution is -2.06. The number of anilines is 1. The van der Waals surface area contributed by atoms with Crippen LogP contribution in [0, 0.1) is 11.3 Å². The van der Waals surface area contributed by atoms with Crippen molar-refractivity contribution in [1.29, 1.82) is 5.26 Å². The van der Waals surface area contributed by atoms with Crippen LogP contribution in [0.1, 0.15) is 11.1 Å². The standard InChI is InChI=1S/C10H9BrN2O2/c1-15-10(14)4-6-2-8(11)9(13)3-7(6)5-12/h2-3H,4,13H2,1H3. The zero-order valence-corrected chi connectivity index (χ0v) is 9.67. The van der Waals surface area contributed by atoms with Crippen LogP contribution in [0.5, 0.6) is 0 Å². The third-order valence-electron chi connectivity index (χ3n) is 1.91. The highest BCUT2D eigenvalue weighted by Gasteiger charge is 2.10. The summed E-state index contributed by atoms with van der Waals surface area (Å²) in [4.78, 5) is 11.1. The molecule has 0 saturated heterocycles. The van der Waals surface area contributed by atoms with E-state index >= 15 is 0 Å². The van der Waals surface area contributed by atoms with Gasteiger partial charge in [0.1, 0.15) is 0 Å². The summed E-state index contributed by atoms with van der Waals surface area (Å²) in [5.74, 6) is -0.386. The van der Waals surface area contributed by atoms with Gasteiger partial charge in [0, 0.05) is 10.2 Å². The summed E-state index contributed by atoms with van der Waals surface area (Å²) in [6.07, 6.45) is 0.0677. The molecule has 0 unspecified atom stereocenters. The van der Waals surface area contributed by atoms with E-state index in [-0.39, 0.29) is 12.4 Å². The van der Waals surface area contributed by atoms with Gasteiger partial charge < -0.3 is 10.5 Å². The van der Waals surface area contributed by atoms with E-state index in [0.717, 1.165) is 0 Å². The molecule has 1 aromatic rings. The molecule has 4 nitrogen and oxygen atoms in total. The molecule has 0 saturated carbocycles. The minimum Gasteiger partial charge on any atom is -0.469 e. The van der Waals surface area contributed by atoms with Crippen molar-refractivity contribution in [3.8, 4) is 6.07 Å². The maximum atomic E-state index is 11.1. The van der Waals surface area contributed by atoms with Gasteiger partial charge >= 0.3 is 5.97 Å². The van der Waals surface area contributed by atoms with Gasteiger partial charge in [-0.25, -0.2) is 0 Å². The number of benzene rings is 1. The van der Waals surface area contributed by atoms with Gasteiger partial charge in [-0.1, -0.05) is 0 Å². The molecular weight excluding hydrogens is 260 g/mol. The molecule has 2 N–H and O–H groups in total. The number of ether oxygens (including phenoxy) is 1. The van der Waals surface area contributed by atoms with E-state index in [2.05, 4.69) is 20.7 Å². The Bertz CT molecular complexity index is 438. The van der Waals surface area contributed by atoms with Crippen molar-refractivity contribution >= 4 is 27.6 Å². The molecule has 5 heteroatoms. The number of carbonyl (C=O) groups excluding carboxylic acids is 1. The van der Waals surface area contributed by atoms with Crippen molar-refractivity contribution in [3.63, 3.8) is 0 Å². The van der Waals surface area contributed by atoms with Crippen molar-refractivity contribution < 1.29 is 9.53 Å². The van der Waals surface area contributed by atoms with Crippen molar-refractivity contribution in [1.82, 2.24) is 0 Å². The Morgan fingerprint density at radius 3 is 2.87 bits per heavy atom. The smallest absolute Gasteiger partial charge is 0.310 e. The van der Waals surface area contributed by atoms with E-state index in [4.69, 9.17) is 11.0 Å². The van der Waals surface area contributed by atoms with Crippen molar-refractivity contribution in [3.05, 3.63) is 27.7 Å². The zero-order chi connectivity index (χ0) is 11.4. The van der Waals surface area contributed by atoms with E-state index in [9.17, 15) is 4.79 Å². The van der Waals surface area contributed by atoms with Gasteiger partial charge in [-0.3, -0.25) is 4.79 Å². The van der Waals surface area contributed by atoms with Crippen LogP contribution in [-0.2, 0) is 16.0 Å². The predicted molar refractivity (Wildman–Crippen MR) is 59.0 cm³/mol. The van der Waals surface area contributed by atoms with E-state index < -0.39 is 0 Å². The SMILES string of the molecule is COC(=O)Cc1cc(Br)c(N)cc1C#N. The first-order valence-corrected chi connectivity index (χ1v) is 4.92. The molecule has 0 aliphatic rings. The number of nitrogen functional groups attached to an aromatic ring is 1. The molecule has 0 atom stereocenters. The second kappa shape index (κ2) is 4.80. The number of halogens is 1. The fourth-order valence-electron chi connectivity index (χ4n) is 1.11. The minimum atomic E-state index is -0.386. The second-order valence-electron chi connectivity index (χ2n) is 2.90. The number of hydrogen-bond donors (Lipinski definition) is 1. The van der Waals surface area contributed by atoms with Crippen LogP contribution in [0.15, 0.2) is 16.6 Å². The topological polar surface area (TPSA) is 76.1 Å². The number of rotatable bonds is 2. The Hall–Kier alpha value is -1.54. The summed E-state index contributed by atoms with van der Waals surface area (Å²) in [5.41, 5.74) is 7.08. The molecule has 0 amide bonds. The Kier molecular flexibility index (Phi) is 3.69. The molecule has 0 heterocycles. The lowest BCUT2D eigenvalue weighted by atomic mass is 10.0. The highest BCUT2D eigenvalue weighted by atomic mass is 79.9. The quantitative estimate of drug-likeness (QED) is 0.653. The summed E-state index contributed by atoms with van der Waals surface area (Å²) in [6, 6.07) is 5.17. The summed E-state index contributed by atoms with van der Waals surface area (Å²) < 4.78 is 5.20. The number of methoxy groups -OCH3 is 1. The van der Waals surface area contributed by atoms with Crippen molar-refractivity contribution in [2.75, 3.05) is 12.8 Å². The molecule has 0 bridgehead atoms. The fourth-order valence-corrected chi connectivity index (χ4v) is 1.50. The maximum absolute atomic E-state index is 11.1. The molecule has 15 heavy (non-hydrogen) atoms. The Morgan fingerprint density at radius 2 is 2.33 bits per heavy atom. The number of carbonyl (C=O) groups is 1. The maximum Gasteiger partial charge on any atom is 0.310 e. The van der Waals surface area contributed by atoms with Gasteiger partial charge in [0.2, 0.25) is 0 Å². The van der Waals surface area contributed by atoms with Crippen LogP contribution in [0.2, 0.25) is 0 Å².